The lowest BCUT2D eigenvalue weighted by Gasteiger charge is -2.08. The van der Waals surface area contributed by atoms with Crippen molar-refractivity contribution in [2.75, 3.05) is 6.61 Å². The average Bonchev–Trinajstić information content (AvgIpc) is 2.65. The maximum atomic E-state index is 11.8. The molecule has 86 valence electrons. The Morgan fingerprint density at radius 3 is 2.87 bits per heavy atom. The lowest BCUT2D eigenvalue weighted by atomic mass is 10.3. The Labute approximate surface area is 88.0 Å². The predicted octanol–water partition coefficient (Wildman–Crippen LogP) is 2.64. The molecular weight excluding hydrogens is 202 g/mol. The zero-order chi connectivity index (χ0) is 11.3. The lowest BCUT2D eigenvalue weighted by molar-refractivity contribution is 0.00864. The van der Waals surface area contributed by atoms with Gasteiger partial charge in [-0.2, -0.15) is 5.10 Å². The van der Waals surface area contributed by atoms with Gasteiger partial charge in [-0.25, -0.2) is 8.78 Å². The zero-order valence-electron chi connectivity index (χ0n) is 8.99. The third kappa shape index (κ3) is 3.95. The second-order valence-corrected chi connectivity index (χ2v) is 3.45. The fraction of sp³-hybridized carbons (Fsp3) is 0.700. The smallest absolute Gasteiger partial charge is 0.261 e. The summed E-state index contributed by atoms with van der Waals surface area (Å²) in [7, 11) is 0. The third-order valence-corrected chi connectivity index (χ3v) is 2.20. The van der Waals surface area contributed by atoms with Crippen molar-refractivity contribution in [3.8, 4) is 0 Å². The Morgan fingerprint density at radius 1 is 1.53 bits per heavy atom. The summed E-state index contributed by atoms with van der Waals surface area (Å²) in [5.74, 6) is 0. The molecule has 0 spiro atoms. The monoisotopic (exact) mass is 218 g/mol. The Balaban J connectivity index is 2.39. The fourth-order valence-electron chi connectivity index (χ4n) is 1.14. The highest BCUT2D eigenvalue weighted by atomic mass is 19.3. The van der Waals surface area contributed by atoms with Crippen molar-refractivity contribution >= 4 is 0 Å². The van der Waals surface area contributed by atoms with Crippen molar-refractivity contribution in [2.24, 2.45) is 0 Å². The third-order valence-electron chi connectivity index (χ3n) is 2.20. The molecule has 1 rings (SSSR count). The van der Waals surface area contributed by atoms with Gasteiger partial charge in [-0.3, -0.25) is 4.68 Å². The molecule has 0 aliphatic carbocycles. The molecular formula is C10H16F2N2O. The van der Waals surface area contributed by atoms with E-state index in [0.717, 1.165) is 6.42 Å². The molecule has 0 aliphatic heterocycles. The number of ether oxygens (including phenoxy) is 1. The molecule has 1 aromatic rings. The van der Waals surface area contributed by atoms with E-state index in [1.54, 1.807) is 6.07 Å². The minimum absolute atomic E-state index is 0.147. The molecule has 0 aromatic carbocycles. The van der Waals surface area contributed by atoms with Crippen LogP contribution >= 0.6 is 0 Å². The summed E-state index contributed by atoms with van der Waals surface area (Å²) < 4.78 is 30.2. The van der Waals surface area contributed by atoms with Crippen LogP contribution in [0.5, 0.6) is 0 Å². The van der Waals surface area contributed by atoms with Gasteiger partial charge in [-0.05, 0) is 19.4 Å². The fourth-order valence-corrected chi connectivity index (χ4v) is 1.14. The van der Waals surface area contributed by atoms with Gasteiger partial charge in [-0.15, -0.1) is 0 Å². The van der Waals surface area contributed by atoms with E-state index >= 15 is 0 Å². The normalized spacial score (nSPS) is 13.4. The van der Waals surface area contributed by atoms with Crippen LogP contribution in [0.25, 0.3) is 0 Å². The van der Waals surface area contributed by atoms with Crippen LogP contribution in [0.3, 0.4) is 0 Å². The maximum Gasteiger partial charge on any atom is 0.261 e. The van der Waals surface area contributed by atoms with Gasteiger partial charge in [0.15, 0.2) is 0 Å². The van der Waals surface area contributed by atoms with Crippen molar-refractivity contribution in [1.82, 2.24) is 9.78 Å². The van der Waals surface area contributed by atoms with Crippen molar-refractivity contribution in [3.05, 3.63) is 18.0 Å². The Kier molecular flexibility index (Phi) is 4.68. The molecule has 5 heteroatoms. The first kappa shape index (κ1) is 12.1. The van der Waals surface area contributed by atoms with Gasteiger partial charge in [0.25, 0.3) is 6.43 Å². The molecule has 0 bridgehead atoms. The van der Waals surface area contributed by atoms with Gasteiger partial charge in [0, 0.05) is 12.2 Å². The van der Waals surface area contributed by atoms with Crippen LogP contribution in [0, 0.1) is 0 Å². The molecule has 15 heavy (non-hydrogen) atoms. The maximum absolute atomic E-state index is 11.8. The zero-order valence-corrected chi connectivity index (χ0v) is 8.99. The number of hydrogen-bond donors (Lipinski definition) is 0. The van der Waals surface area contributed by atoms with Crippen LogP contribution in [0.1, 0.15) is 32.0 Å². The summed E-state index contributed by atoms with van der Waals surface area (Å²) in [4.78, 5) is 0. The molecule has 0 amide bonds. The molecule has 0 aliphatic rings. The van der Waals surface area contributed by atoms with E-state index in [-0.39, 0.29) is 6.61 Å². The van der Waals surface area contributed by atoms with Gasteiger partial charge >= 0.3 is 0 Å². The number of rotatable bonds is 6. The number of nitrogens with zero attached hydrogens (tertiary/aromatic N) is 2. The van der Waals surface area contributed by atoms with Gasteiger partial charge in [-0.1, -0.05) is 6.92 Å². The Bertz CT molecular complexity index is 289. The van der Waals surface area contributed by atoms with Gasteiger partial charge in [0.2, 0.25) is 0 Å². The SMILES string of the molecule is CC[C@H](C)n1ccc(COCC(F)F)n1. The van der Waals surface area contributed by atoms with Crippen molar-refractivity contribution < 1.29 is 13.5 Å². The van der Waals surface area contributed by atoms with Crippen molar-refractivity contribution in [2.45, 2.75) is 39.3 Å². The van der Waals surface area contributed by atoms with Crippen LogP contribution in [0.2, 0.25) is 0 Å². The molecule has 0 N–H and O–H groups in total. The Hall–Kier alpha value is -0.970. The number of aromatic nitrogens is 2. The molecule has 0 saturated carbocycles. The number of alkyl halides is 2. The Morgan fingerprint density at radius 2 is 2.27 bits per heavy atom. The molecule has 0 fully saturated rings. The van der Waals surface area contributed by atoms with Gasteiger partial charge in [0.05, 0.1) is 12.3 Å². The van der Waals surface area contributed by atoms with E-state index in [2.05, 4.69) is 18.9 Å². The van der Waals surface area contributed by atoms with E-state index in [1.807, 2.05) is 10.9 Å². The van der Waals surface area contributed by atoms with E-state index in [1.165, 1.54) is 0 Å². The molecule has 0 radical (unpaired) electrons. The van der Waals surface area contributed by atoms with Crippen LogP contribution in [-0.4, -0.2) is 22.8 Å². The summed E-state index contributed by atoms with van der Waals surface area (Å²) in [6.45, 7) is 3.74. The second kappa shape index (κ2) is 5.80. The minimum Gasteiger partial charge on any atom is -0.369 e. The number of hydrogen-bond acceptors (Lipinski definition) is 2. The summed E-state index contributed by atoms with van der Waals surface area (Å²) >= 11 is 0. The molecule has 0 saturated heterocycles. The van der Waals surface area contributed by atoms with Gasteiger partial charge in [0.1, 0.15) is 6.61 Å². The summed E-state index contributed by atoms with van der Waals surface area (Å²) in [5.41, 5.74) is 0.691. The largest absolute Gasteiger partial charge is 0.369 e. The van der Waals surface area contributed by atoms with E-state index in [0.29, 0.717) is 11.7 Å². The molecule has 3 nitrogen and oxygen atoms in total. The van der Waals surface area contributed by atoms with Gasteiger partial charge < -0.3 is 4.74 Å². The van der Waals surface area contributed by atoms with Crippen LogP contribution in [0.15, 0.2) is 12.3 Å². The first-order chi connectivity index (χ1) is 7.13. The van der Waals surface area contributed by atoms with E-state index in [4.69, 9.17) is 4.74 Å². The quantitative estimate of drug-likeness (QED) is 0.734. The van der Waals surface area contributed by atoms with E-state index in [9.17, 15) is 8.78 Å². The van der Waals surface area contributed by atoms with Crippen LogP contribution in [0.4, 0.5) is 8.78 Å². The van der Waals surface area contributed by atoms with Crippen LogP contribution < -0.4 is 0 Å². The molecule has 1 atom stereocenters. The lowest BCUT2D eigenvalue weighted by Crippen LogP contribution is -2.07. The minimum atomic E-state index is -2.42. The average molecular weight is 218 g/mol. The molecule has 1 heterocycles. The second-order valence-electron chi connectivity index (χ2n) is 3.45. The summed E-state index contributed by atoms with van der Waals surface area (Å²) in [6, 6.07) is 2.12. The number of halogens is 2. The van der Waals surface area contributed by atoms with Crippen LogP contribution in [-0.2, 0) is 11.3 Å². The summed E-state index contributed by atoms with van der Waals surface area (Å²) in [5, 5.41) is 4.22. The predicted molar refractivity (Wildman–Crippen MR) is 52.9 cm³/mol. The highest BCUT2D eigenvalue weighted by Gasteiger charge is 2.06. The molecule has 0 unspecified atom stereocenters. The highest BCUT2D eigenvalue weighted by Crippen LogP contribution is 2.09. The van der Waals surface area contributed by atoms with Crippen molar-refractivity contribution in [1.29, 1.82) is 0 Å². The van der Waals surface area contributed by atoms with Crippen molar-refractivity contribution in [3.63, 3.8) is 0 Å². The summed E-state index contributed by atoms with van der Waals surface area (Å²) in [6.07, 6.45) is 0.412. The standard InChI is InChI=1S/C10H16F2N2O/c1-3-8(2)14-5-4-9(13-14)6-15-7-10(11)12/h4-5,8,10H,3,6-7H2,1-2H3/t8-/m0/s1. The first-order valence-corrected chi connectivity index (χ1v) is 5.03. The van der Waals surface area contributed by atoms with E-state index < -0.39 is 13.0 Å². The topological polar surface area (TPSA) is 27.1 Å². The highest BCUT2D eigenvalue weighted by molar-refractivity contribution is 4.97. The first-order valence-electron chi connectivity index (χ1n) is 5.03. The molecule has 1 aromatic heterocycles.